The Bertz CT molecular complexity index is 1860. The smallest absolute Gasteiger partial charge is 0.302 e. The van der Waals surface area contributed by atoms with Gasteiger partial charge in [-0.3, -0.25) is 19.2 Å². The van der Waals surface area contributed by atoms with Crippen LogP contribution in [-0.4, -0.2) is 128 Å². The Balaban J connectivity index is 1.34. The van der Waals surface area contributed by atoms with Crippen LogP contribution in [0, 0.1) is 0 Å². The van der Waals surface area contributed by atoms with E-state index >= 15 is 0 Å². The fourth-order valence-corrected chi connectivity index (χ4v) is 9.45. The molecule has 18 heteroatoms. The number of methoxy groups -OCH3 is 2. The van der Waals surface area contributed by atoms with Gasteiger partial charge in [-0.2, -0.15) is 0 Å². The minimum atomic E-state index is -2.12. The molecule has 2 aromatic rings. The molecule has 4 rings (SSSR count). The fourth-order valence-electron chi connectivity index (χ4n) is 7.36. The van der Waals surface area contributed by atoms with Crippen molar-refractivity contribution in [2.75, 3.05) is 65.2 Å². The zero-order valence-electron chi connectivity index (χ0n) is 41.3. The van der Waals surface area contributed by atoms with Crippen LogP contribution in [-0.2, 0) is 27.9 Å². The molecule has 0 radical (unpaired) electrons. The third kappa shape index (κ3) is 13.8. The summed E-state index contributed by atoms with van der Waals surface area (Å²) in [5.41, 5.74) is 14.0. The lowest BCUT2D eigenvalue weighted by Crippen LogP contribution is -2.46. The second-order valence-electron chi connectivity index (χ2n) is 20.2. The van der Waals surface area contributed by atoms with Crippen LogP contribution in [0.25, 0.3) is 0 Å². The third-order valence-corrected chi connectivity index (χ3v) is 22.3. The molecule has 2 aromatic carbocycles. The Labute approximate surface area is 388 Å². The lowest BCUT2D eigenvalue weighted by Gasteiger charge is -2.38. The number of amides is 2. The first-order chi connectivity index (χ1) is 30.2. The Morgan fingerprint density at radius 1 is 0.600 bits per heavy atom. The van der Waals surface area contributed by atoms with Crippen molar-refractivity contribution < 1.29 is 56.5 Å². The van der Waals surface area contributed by atoms with Gasteiger partial charge in [0.15, 0.2) is 39.6 Å². The van der Waals surface area contributed by atoms with E-state index < -0.39 is 40.8 Å². The van der Waals surface area contributed by atoms with Crippen LogP contribution >= 0.6 is 0 Å². The van der Waals surface area contributed by atoms with E-state index in [0.717, 1.165) is 6.42 Å². The maximum Gasteiger partial charge on any atom is 0.302 e. The normalized spacial score (nSPS) is 19.2. The van der Waals surface area contributed by atoms with Crippen LogP contribution in [0.4, 0.5) is 11.4 Å². The quantitative estimate of drug-likeness (QED) is 0.0563. The highest BCUT2D eigenvalue weighted by Crippen LogP contribution is 2.40. The van der Waals surface area contributed by atoms with Gasteiger partial charge in [0.1, 0.15) is 12.2 Å². The van der Waals surface area contributed by atoms with Crippen LogP contribution in [0.1, 0.15) is 108 Å². The highest BCUT2D eigenvalue weighted by molar-refractivity contribution is 6.74. The number of anilines is 2. The molecule has 16 nitrogen and oxygen atoms in total. The third-order valence-electron chi connectivity index (χ3n) is 13.3. The Kier molecular flexibility index (Phi) is 17.8. The zero-order chi connectivity index (χ0) is 48.7. The zero-order valence-corrected chi connectivity index (χ0v) is 43.3. The lowest BCUT2D eigenvalue weighted by molar-refractivity contribution is -0.146. The van der Waals surface area contributed by atoms with Gasteiger partial charge in [-0.15, -0.1) is 0 Å². The van der Waals surface area contributed by atoms with Gasteiger partial charge in [0, 0.05) is 50.2 Å². The number of esters is 2. The number of hydrogen-bond acceptors (Lipinski definition) is 14. The maximum absolute atomic E-state index is 14.1. The lowest BCUT2D eigenvalue weighted by atomic mass is 10.1. The number of nitrogens with zero attached hydrogens (tertiary/aromatic N) is 2. The maximum atomic E-state index is 14.1. The van der Waals surface area contributed by atoms with Crippen molar-refractivity contribution in [2.24, 2.45) is 0 Å². The highest BCUT2D eigenvalue weighted by atomic mass is 28.4. The molecule has 364 valence electrons. The van der Waals surface area contributed by atoms with Gasteiger partial charge in [0.2, 0.25) is 0 Å². The standard InChI is InChI=1S/C47H76N4O12Si2/c1-30(52)62-34-20-32(28-60-64(11,12)46(3,4)5)50(26-34)44(54)36-22-40(56-9)42(24-38(36)48)58-18-16-15-17-19-59-43-25-39(49)37(23-41(43)57-10)45(55)51-27-35(63-31(2)53)21-33(51)29-61-65(13,14)47(6,7)8/h22-25,32-35H,15-21,26-29,48-49H2,1-14H3/t32-,33-,34+,35+/m0/s1. The second-order valence-corrected chi connectivity index (χ2v) is 29.9. The van der Waals surface area contributed by atoms with E-state index in [-0.39, 0.29) is 69.6 Å². The molecule has 2 aliphatic heterocycles. The summed E-state index contributed by atoms with van der Waals surface area (Å²) in [6.45, 7) is 26.2. The van der Waals surface area contributed by atoms with Crippen molar-refractivity contribution in [2.45, 2.75) is 148 Å². The number of ether oxygens (including phenoxy) is 6. The number of nitrogens with two attached hydrogens (primary N) is 2. The number of benzene rings is 2. The van der Waals surface area contributed by atoms with Crippen molar-refractivity contribution in [1.29, 1.82) is 0 Å². The van der Waals surface area contributed by atoms with Crippen LogP contribution in [0.2, 0.25) is 36.3 Å². The van der Waals surface area contributed by atoms with Gasteiger partial charge < -0.3 is 58.5 Å². The summed E-state index contributed by atoms with van der Waals surface area (Å²) in [7, 11) is -1.23. The number of carbonyl (C=O) groups is 4. The molecule has 2 amide bonds. The van der Waals surface area contributed by atoms with Crippen LogP contribution in [0.3, 0.4) is 0 Å². The van der Waals surface area contributed by atoms with E-state index in [2.05, 4.69) is 67.7 Å². The Morgan fingerprint density at radius 2 is 0.954 bits per heavy atom. The van der Waals surface area contributed by atoms with Crippen molar-refractivity contribution in [3.05, 3.63) is 35.4 Å². The van der Waals surface area contributed by atoms with Crippen LogP contribution < -0.4 is 30.4 Å². The number of carbonyl (C=O) groups excluding carboxylic acids is 4. The van der Waals surface area contributed by atoms with Crippen LogP contribution in [0.15, 0.2) is 24.3 Å². The molecule has 4 N–H and O–H groups in total. The van der Waals surface area contributed by atoms with Gasteiger partial charge in [0.25, 0.3) is 11.8 Å². The molecule has 4 atom stereocenters. The highest BCUT2D eigenvalue weighted by Gasteiger charge is 2.44. The number of nitrogen functional groups attached to an aromatic ring is 2. The van der Waals surface area contributed by atoms with E-state index in [1.54, 1.807) is 34.1 Å². The summed E-state index contributed by atoms with van der Waals surface area (Å²) in [6.07, 6.45) is 2.16. The van der Waals surface area contributed by atoms with Gasteiger partial charge >= 0.3 is 11.9 Å². The van der Waals surface area contributed by atoms with Gasteiger partial charge in [-0.1, -0.05) is 41.5 Å². The molecule has 0 saturated carbocycles. The molecular formula is C47H76N4O12Si2. The summed E-state index contributed by atoms with van der Waals surface area (Å²) < 4.78 is 47.5. The molecule has 2 fully saturated rings. The first-order valence-electron chi connectivity index (χ1n) is 22.6. The monoisotopic (exact) mass is 944 g/mol. The van der Waals surface area contributed by atoms with E-state index in [1.165, 1.54) is 28.1 Å². The minimum absolute atomic E-state index is 0.0145. The fraction of sp³-hybridized carbons (Fsp3) is 0.660. The predicted molar refractivity (Wildman–Crippen MR) is 256 cm³/mol. The predicted octanol–water partition coefficient (Wildman–Crippen LogP) is 7.83. The Morgan fingerprint density at radius 3 is 1.26 bits per heavy atom. The van der Waals surface area contributed by atoms with Gasteiger partial charge in [-0.05, 0) is 67.7 Å². The average Bonchev–Trinajstić information content (AvgIpc) is 3.80. The van der Waals surface area contributed by atoms with Gasteiger partial charge in [0.05, 0.1) is 76.9 Å². The molecule has 0 spiro atoms. The summed E-state index contributed by atoms with van der Waals surface area (Å²) in [6, 6.07) is 5.79. The summed E-state index contributed by atoms with van der Waals surface area (Å²) in [5, 5.41) is -0.0289. The average molecular weight is 945 g/mol. The van der Waals surface area contributed by atoms with Crippen molar-refractivity contribution in [1.82, 2.24) is 9.80 Å². The molecule has 2 saturated heterocycles. The van der Waals surface area contributed by atoms with Crippen molar-refractivity contribution >= 4 is 51.8 Å². The minimum Gasteiger partial charge on any atom is -0.493 e. The molecule has 0 unspecified atom stereocenters. The van der Waals surface area contributed by atoms with Gasteiger partial charge in [-0.25, -0.2) is 0 Å². The number of likely N-dealkylation sites (tertiary alicyclic amines) is 2. The molecule has 0 bridgehead atoms. The largest absolute Gasteiger partial charge is 0.493 e. The van der Waals surface area contributed by atoms with Crippen molar-refractivity contribution in [3.63, 3.8) is 0 Å². The number of unbranched alkanes of at least 4 members (excludes halogenated alkanes) is 2. The summed E-state index contributed by atoms with van der Waals surface area (Å²) in [4.78, 5) is 55.2. The summed E-state index contributed by atoms with van der Waals surface area (Å²) >= 11 is 0. The van der Waals surface area contributed by atoms with E-state index in [1.807, 2.05) is 0 Å². The molecule has 2 heterocycles. The molecule has 0 aliphatic carbocycles. The second kappa shape index (κ2) is 21.8. The topological polar surface area (TPSA) is 201 Å². The molecule has 65 heavy (non-hydrogen) atoms. The van der Waals surface area contributed by atoms with E-state index in [4.69, 9.17) is 48.7 Å². The van der Waals surface area contributed by atoms with Crippen molar-refractivity contribution in [3.8, 4) is 23.0 Å². The van der Waals surface area contributed by atoms with E-state index in [0.29, 0.717) is 75.1 Å². The first kappa shape index (κ1) is 53.1. The number of hydrogen-bond donors (Lipinski definition) is 2. The number of rotatable bonds is 20. The molecule has 0 aromatic heterocycles. The first-order valence-corrected chi connectivity index (χ1v) is 28.5. The SMILES string of the molecule is COc1cc(C(=O)N2C[C@H](OC(C)=O)C[C@H]2CO[Si](C)(C)C(C)(C)C)c(N)cc1OCCCCCOc1cc(N)c(C(=O)N2C[C@H](OC(C)=O)C[C@H]2CO[Si](C)(C)C(C)(C)C)cc1OC. The van der Waals surface area contributed by atoms with Crippen LogP contribution in [0.5, 0.6) is 23.0 Å². The summed E-state index contributed by atoms with van der Waals surface area (Å²) in [5.74, 6) is 0.151. The van der Waals surface area contributed by atoms with E-state index in [9.17, 15) is 19.2 Å². The molecule has 2 aliphatic rings. The molecular weight excluding hydrogens is 869 g/mol. The Hall–Kier alpha value is -4.53.